The maximum absolute atomic E-state index is 9.95. The van der Waals surface area contributed by atoms with Crippen LogP contribution in [0.3, 0.4) is 0 Å². The molecule has 5 atom stereocenters. The first-order chi connectivity index (χ1) is 5.10. The van der Waals surface area contributed by atoms with Crippen LogP contribution in [0.15, 0.2) is 0 Å². The van der Waals surface area contributed by atoms with E-state index in [1.54, 1.807) is 0 Å². The molecule has 2 nitrogen and oxygen atoms in total. The Morgan fingerprint density at radius 1 is 1.09 bits per heavy atom. The molecule has 11 heavy (non-hydrogen) atoms. The first-order valence-corrected chi connectivity index (χ1v) is 4.55. The van der Waals surface area contributed by atoms with Crippen LogP contribution in [0, 0.1) is 17.3 Å². The average molecular weight is 152 g/mol. The van der Waals surface area contributed by atoms with Crippen LogP contribution in [0.2, 0.25) is 0 Å². The second-order valence-electron chi connectivity index (χ2n) is 5.29. The lowest BCUT2D eigenvalue weighted by atomic mass is 9.45. The summed E-state index contributed by atoms with van der Waals surface area (Å²) in [7, 11) is 0. The van der Waals surface area contributed by atoms with Gasteiger partial charge in [0, 0.05) is 5.41 Å². The molecule has 0 aromatic carbocycles. The normalized spacial score (nSPS) is 81.3. The van der Waals surface area contributed by atoms with Gasteiger partial charge in [0.05, 0.1) is 11.2 Å². The molecule has 4 fully saturated rings. The summed E-state index contributed by atoms with van der Waals surface area (Å²) in [6, 6.07) is 0. The Hall–Kier alpha value is -0.0800. The quantitative estimate of drug-likeness (QED) is 0.523. The third kappa shape index (κ3) is 0.308. The molecule has 0 aromatic heterocycles. The van der Waals surface area contributed by atoms with Crippen LogP contribution in [0.4, 0.5) is 0 Å². The van der Waals surface area contributed by atoms with E-state index in [1.165, 1.54) is 0 Å². The number of rotatable bonds is 0. The van der Waals surface area contributed by atoms with Crippen molar-refractivity contribution in [3.8, 4) is 0 Å². The Morgan fingerprint density at radius 3 is 2.45 bits per heavy atom. The Morgan fingerprint density at radius 2 is 1.91 bits per heavy atom. The summed E-state index contributed by atoms with van der Waals surface area (Å²) in [6.45, 7) is 0. The van der Waals surface area contributed by atoms with E-state index in [0.29, 0.717) is 11.8 Å². The average Bonchev–Trinajstić information content (AvgIpc) is 2.30. The summed E-state index contributed by atoms with van der Waals surface area (Å²) < 4.78 is 0. The van der Waals surface area contributed by atoms with E-state index in [9.17, 15) is 10.2 Å². The van der Waals surface area contributed by atoms with Crippen LogP contribution in [0.1, 0.15) is 25.7 Å². The largest absolute Gasteiger partial charge is 0.390 e. The summed E-state index contributed by atoms with van der Waals surface area (Å²) in [4.78, 5) is 0. The summed E-state index contributed by atoms with van der Waals surface area (Å²) in [5.74, 6) is 1.17. The molecule has 4 saturated carbocycles. The molecule has 4 aliphatic carbocycles. The Kier molecular flexibility index (Phi) is 0.510. The third-order valence-corrected chi connectivity index (χ3v) is 4.89. The highest BCUT2D eigenvalue weighted by Crippen LogP contribution is 2.88. The fourth-order valence-electron chi connectivity index (χ4n) is 4.65. The van der Waals surface area contributed by atoms with Crippen LogP contribution in [-0.4, -0.2) is 21.4 Å². The zero-order chi connectivity index (χ0) is 7.48. The summed E-state index contributed by atoms with van der Waals surface area (Å²) >= 11 is 0. The van der Waals surface area contributed by atoms with Crippen molar-refractivity contribution in [3.05, 3.63) is 0 Å². The van der Waals surface area contributed by atoms with Gasteiger partial charge in [-0.1, -0.05) is 0 Å². The van der Waals surface area contributed by atoms with Crippen LogP contribution < -0.4 is 0 Å². The molecule has 0 bridgehead atoms. The van der Waals surface area contributed by atoms with E-state index in [-0.39, 0.29) is 16.6 Å². The van der Waals surface area contributed by atoms with E-state index in [1.807, 2.05) is 0 Å². The zero-order valence-electron chi connectivity index (χ0n) is 6.38. The fraction of sp³-hybridized carbons (Fsp3) is 1.00. The fourth-order valence-corrected chi connectivity index (χ4v) is 4.65. The minimum atomic E-state index is -0.314. The highest BCUT2D eigenvalue weighted by molar-refractivity contribution is 5.40. The smallest absolute Gasteiger partial charge is 0.0719 e. The Balaban J connectivity index is 1.87. The first kappa shape index (κ1) is 5.55. The molecule has 0 aromatic rings. The van der Waals surface area contributed by atoms with E-state index < -0.39 is 0 Å². The number of hydrogen-bond donors (Lipinski definition) is 2. The van der Waals surface area contributed by atoms with Crippen molar-refractivity contribution in [1.29, 1.82) is 0 Å². The Bertz CT molecular complexity index is 277. The minimum absolute atomic E-state index is 0.227. The molecule has 60 valence electrons. The van der Waals surface area contributed by atoms with E-state index in [2.05, 4.69) is 0 Å². The lowest BCUT2D eigenvalue weighted by Crippen LogP contribution is -2.65. The van der Waals surface area contributed by atoms with E-state index in [0.717, 1.165) is 25.7 Å². The molecule has 0 heterocycles. The van der Waals surface area contributed by atoms with Crippen LogP contribution in [0.25, 0.3) is 0 Å². The van der Waals surface area contributed by atoms with Crippen molar-refractivity contribution < 1.29 is 10.2 Å². The van der Waals surface area contributed by atoms with Crippen molar-refractivity contribution in [1.82, 2.24) is 0 Å². The van der Waals surface area contributed by atoms with Crippen molar-refractivity contribution in [2.75, 3.05) is 0 Å². The lowest BCUT2D eigenvalue weighted by Gasteiger charge is -2.62. The molecule has 0 saturated heterocycles. The first-order valence-electron chi connectivity index (χ1n) is 4.55. The predicted octanol–water partition coefficient (Wildman–Crippen LogP) is 0.282. The second-order valence-corrected chi connectivity index (χ2v) is 5.29. The van der Waals surface area contributed by atoms with Crippen LogP contribution in [-0.2, 0) is 0 Å². The maximum atomic E-state index is 9.95. The molecule has 5 unspecified atom stereocenters. The minimum Gasteiger partial charge on any atom is -0.390 e. The standard InChI is InChI=1S/C9H12O2/c10-8-1-5-2-9(11)4-7(9,3-8)6(5)8/h5-6,10-11H,1-4H2. The van der Waals surface area contributed by atoms with Crippen molar-refractivity contribution >= 4 is 0 Å². The van der Waals surface area contributed by atoms with E-state index in [4.69, 9.17) is 0 Å². The molecule has 1 spiro atoms. The van der Waals surface area contributed by atoms with Gasteiger partial charge in [-0.3, -0.25) is 0 Å². The molecule has 4 rings (SSSR count). The van der Waals surface area contributed by atoms with Crippen LogP contribution >= 0.6 is 0 Å². The van der Waals surface area contributed by atoms with Gasteiger partial charge >= 0.3 is 0 Å². The highest BCUT2D eigenvalue weighted by Gasteiger charge is 2.90. The van der Waals surface area contributed by atoms with Gasteiger partial charge < -0.3 is 10.2 Å². The molecule has 2 N–H and O–H groups in total. The number of aliphatic hydroxyl groups is 2. The molecular formula is C9H12O2. The molecule has 0 amide bonds. The lowest BCUT2D eigenvalue weighted by molar-refractivity contribution is -0.241. The molecule has 4 aliphatic rings. The van der Waals surface area contributed by atoms with Gasteiger partial charge in [-0.15, -0.1) is 0 Å². The topological polar surface area (TPSA) is 40.5 Å². The highest BCUT2D eigenvalue weighted by atomic mass is 16.3. The summed E-state index contributed by atoms with van der Waals surface area (Å²) in [5, 5.41) is 19.8. The zero-order valence-corrected chi connectivity index (χ0v) is 6.38. The van der Waals surface area contributed by atoms with Crippen molar-refractivity contribution in [2.24, 2.45) is 17.3 Å². The second kappa shape index (κ2) is 1.01. The maximum Gasteiger partial charge on any atom is 0.0719 e. The Labute approximate surface area is 65.2 Å². The van der Waals surface area contributed by atoms with Gasteiger partial charge in [-0.05, 0) is 37.5 Å². The molecular weight excluding hydrogens is 140 g/mol. The van der Waals surface area contributed by atoms with Gasteiger partial charge in [-0.2, -0.15) is 0 Å². The SMILES string of the molecule is OC12CC3CC4(O)CC4(C1)C32. The van der Waals surface area contributed by atoms with Gasteiger partial charge in [0.2, 0.25) is 0 Å². The van der Waals surface area contributed by atoms with Gasteiger partial charge in [0.15, 0.2) is 0 Å². The summed E-state index contributed by atoms with van der Waals surface area (Å²) in [5.41, 5.74) is -0.401. The molecule has 0 aliphatic heterocycles. The monoisotopic (exact) mass is 152 g/mol. The number of hydrogen-bond acceptors (Lipinski definition) is 2. The van der Waals surface area contributed by atoms with E-state index >= 15 is 0 Å². The molecule has 0 radical (unpaired) electrons. The van der Waals surface area contributed by atoms with Crippen molar-refractivity contribution in [3.63, 3.8) is 0 Å². The van der Waals surface area contributed by atoms with Gasteiger partial charge in [0.25, 0.3) is 0 Å². The summed E-state index contributed by atoms with van der Waals surface area (Å²) in [6.07, 6.45) is 3.85. The van der Waals surface area contributed by atoms with Crippen LogP contribution in [0.5, 0.6) is 0 Å². The van der Waals surface area contributed by atoms with Crippen molar-refractivity contribution in [2.45, 2.75) is 36.9 Å². The third-order valence-electron chi connectivity index (χ3n) is 4.89. The van der Waals surface area contributed by atoms with Gasteiger partial charge in [0.1, 0.15) is 0 Å². The van der Waals surface area contributed by atoms with Gasteiger partial charge in [-0.25, -0.2) is 0 Å². The predicted molar refractivity (Wildman–Crippen MR) is 37.8 cm³/mol. The molecule has 2 heteroatoms.